The largest absolute Gasteiger partial charge is 0.455 e. The van der Waals surface area contributed by atoms with Gasteiger partial charge in [0.05, 0.1) is 11.1 Å². The summed E-state index contributed by atoms with van der Waals surface area (Å²) in [6.45, 7) is 0. The first kappa shape index (κ1) is 38.9. The van der Waals surface area contributed by atoms with Crippen LogP contribution in [0.3, 0.4) is 0 Å². The molecule has 0 fully saturated rings. The molecule has 2 nitrogen and oxygen atoms in total. The highest BCUT2D eigenvalue weighted by Crippen LogP contribution is 2.48. The van der Waals surface area contributed by atoms with E-state index in [0.717, 1.165) is 61.3 Å². The summed E-state index contributed by atoms with van der Waals surface area (Å²) < 4.78 is 9.43. The lowest BCUT2D eigenvalue weighted by molar-refractivity contribution is 0.670. The molecule has 0 radical (unpaired) electrons. The van der Waals surface area contributed by atoms with E-state index >= 15 is 0 Å². The summed E-state index contributed by atoms with van der Waals surface area (Å²) in [6, 6.07) is 90.0. The maximum absolute atomic E-state index is 6.81. The Balaban J connectivity index is 0.954. The summed E-state index contributed by atoms with van der Waals surface area (Å²) in [5.74, 6) is 0. The Labute approximate surface area is 392 Å². The molecule has 0 spiro atoms. The normalized spacial score (nSPS) is 11.6. The Morgan fingerprint density at radius 3 is 1.72 bits per heavy atom. The van der Waals surface area contributed by atoms with E-state index in [2.05, 4.69) is 254 Å². The third-order valence-electron chi connectivity index (χ3n) is 13.3. The van der Waals surface area contributed by atoms with Gasteiger partial charge in [-0.1, -0.05) is 188 Å². The second kappa shape index (κ2) is 16.2. The number of hydrogen-bond donors (Lipinski definition) is 0. The molecule has 0 N–H and O–H groups in total. The maximum Gasteiger partial charge on any atom is 0.145 e. The molecule has 0 saturated carbocycles. The van der Waals surface area contributed by atoms with Gasteiger partial charge in [-0.2, -0.15) is 0 Å². The van der Waals surface area contributed by atoms with E-state index in [1.807, 2.05) is 11.3 Å². The van der Waals surface area contributed by atoms with Crippen molar-refractivity contribution in [2.45, 2.75) is 0 Å². The van der Waals surface area contributed by atoms with Crippen molar-refractivity contribution in [3.63, 3.8) is 0 Å². The van der Waals surface area contributed by atoms with Crippen LogP contribution in [0, 0.1) is 0 Å². The van der Waals surface area contributed by atoms with Crippen molar-refractivity contribution in [1.29, 1.82) is 0 Å². The number of thiophene rings is 1. The molecule has 13 rings (SSSR count). The number of hydrogen-bond acceptors (Lipinski definition) is 3. The van der Waals surface area contributed by atoms with E-state index in [4.69, 9.17) is 4.42 Å². The van der Waals surface area contributed by atoms with Crippen molar-refractivity contribution in [2.24, 2.45) is 0 Å². The van der Waals surface area contributed by atoms with Gasteiger partial charge < -0.3 is 9.32 Å². The molecule has 2 aromatic heterocycles. The minimum atomic E-state index is 0.865. The van der Waals surface area contributed by atoms with E-state index < -0.39 is 0 Å². The molecule has 3 heteroatoms. The summed E-state index contributed by atoms with van der Waals surface area (Å²) >= 11 is 1.86. The average molecular weight is 872 g/mol. The Kier molecular flexibility index (Phi) is 9.40. The molecule has 314 valence electrons. The standard InChI is InChI=1S/C64H41NOS/c1-2-15-44(16-3-1)53-39-40-58(63-56-24-8-10-28-59(56)66-64(53)63)65(48-35-31-42(32-36-48)46-19-12-20-47(41-46)52-26-13-18-43-17-4-5-21-50(43)52)49-37-33-45(34-38-49)51-22-6-7-23-54(51)55-27-14-30-61-62(55)57-25-9-11-29-60(57)67-61/h1-41H. The number of rotatable bonds is 8. The Morgan fingerprint density at radius 1 is 0.313 bits per heavy atom. The molecule has 67 heavy (non-hydrogen) atoms. The summed E-state index contributed by atoms with van der Waals surface area (Å²) in [5, 5.41) is 7.28. The van der Waals surface area contributed by atoms with Crippen LogP contribution in [0.25, 0.3) is 109 Å². The van der Waals surface area contributed by atoms with Crippen molar-refractivity contribution in [2.75, 3.05) is 4.90 Å². The maximum atomic E-state index is 6.81. The van der Waals surface area contributed by atoms with Crippen LogP contribution in [-0.4, -0.2) is 0 Å². The van der Waals surface area contributed by atoms with Gasteiger partial charge in [-0.25, -0.2) is 0 Å². The number of anilines is 3. The summed E-state index contributed by atoms with van der Waals surface area (Å²) in [4.78, 5) is 2.39. The first-order valence-corrected chi connectivity index (χ1v) is 23.6. The predicted octanol–water partition coefficient (Wildman–Crippen LogP) is 18.9. The predicted molar refractivity (Wildman–Crippen MR) is 286 cm³/mol. The fourth-order valence-corrected chi connectivity index (χ4v) is 11.3. The molecule has 0 aliphatic heterocycles. The average Bonchev–Trinajstić information content (AvgIpc) is 3.99. The molecule has 0 unspecified atom stereocenters. The van der Waals surface area contributed by atoms with Crippen molar-refractivity contribution in [3.8, 4) is 55.6 Å². The molecule has 13 aromatic rings. The van der Waals surface area contributed by atoms with Crippen LogP contribution < -0.4 is 4.90 Å². The van der Waals surface area contributed by atoms with Gasteiger partial charge in [0.2, 0.25) is 0 Å². The smallest absolute Gasteiger partial charge is 0.145 e. The van der Waals surface area contributed by atoms with E-state index in [9.17, 15) is 0 Å². The minimum absolute atomic E-state index is 0.865. The molecule has 2 heterocycles. The first-order chi connectivity index (χ1) is 33.2. The van der Waals surface area contributed by atoms with E-state index in [0.29, 0.717) is 0 Å². The highest BCUT2D eigenvalue weighted by Gasteiger charge is 2.23. The first-order valence-electron chi connectivity index (χ1n) is 22.8. The zero-order valence-corrected chi connectivity index (χ0v) is 37.3. The van der Waals surface area contributed by atoms with Crippen molar-refractivity contribution < 1.29 is 4.42 Å². The van der Waals surface area contributed by atoms with Gasteiger partial charge in [0.25, 0.3) is 0 Å². The van der Waals surface area contributed by atoms with Gasteiger partial charge in [0, 0.05) is 42.5 Å². The van der Waals surface area contributed by atoms with Gasteiger partial charge >= 0.3 is 0 Å². The van der Waals surface area contributed by atoms with Crippen LogP contribution in [0.4, 0.5) is 17.1 Å². The fraction of sp³-hybridized carbons (Fsp3) is 0. The number of fused-ring (bicyclic) bond motifs is 7. The number of nitrogens with zero attached hydrogens (tertiary/aromatic N) is 1. The van der Waals surface area contributed by atoms with Gasteiger partial charge in [-0.3, -0.25) is 0 Å². The van der Waals surface area contributed by atoms with Crippen molar-refractivity contribution >= 4 is 81.3 Å². The Hall–Kier alpha value is -8.50. The zero-order valence-electron chi connectivity index (χ0n) is 36.4. The molecule has 0 aliphatic carbocycles. The lowest BCUT2D eigenvalue weighted by Crippen LogP contribution is -2.10. The topological polar surface area (TPSA) is 16.4 Å². The minimum Gasteiger partial charge on any atom is -0.455 e. The Morgan fingerprint density at radius 2 is 0.881 bits per heavy atom. The van der Waals surface area contributed by atoms with E-state index in [1.165, 1.54) is 64.3 Å². The van der Waals surface area contributed by atoms with Crippen LogP contribution in [0.15, 0.2) is 253 Å². The third-order valence-corrected chi connectivity index (χ3v) is 14.4. The Bertz CT molecular complexity index is 3970. The van der Waals surface area contributed by atoms with E-state index in [1.54, 1.807) is 0 Å². The fourth-order valence-electron chi connectivity index (χ4n) is 10.2. The molecule has 0 saturated heterocycles. The van der Waals surface area contributed by atoms with Crippen molar-refractivity contribution in [3.05, 3.63) is 249 Å². The summed E-state index contributed by atoms with van der Waals surface area (Å²) in [6.07, 6.45) is 0. The molecule has 0 atom stereocenters. The SMILES string of the molecule is c1ccc(-c2ccc(N(c3ccc(-c4cccc(-c5cccc6ccccc56)c4)cc3)c3ccc(-c4ccccc4-c4cccc5sc6ccccc6c45)cc3)c3c2oc2ccccc23)cc1. The van der Waals surface area contributed by atoms with Crippen LogP contribution >= 0.6 is 11.3 Å². The lowest BCUT2D eigenvalue weighted by atomic mass is 9.92. The number of para-hydroxylation sites is 1. The quantitative estimate of drug-likeness (QED) is 0.151. The van der Waals surface area contributed by atoms with Crippen LogP contribution in [0.2, 0.25) is 0 Å². The van der Waals surface area contributed by atoms with Gasteiger partial charge in [0.1, 0.15) is 11.2 Å². The monoisotopic (exact) mass is 871 g/mol. The van der Waals surface area contributed by atoms with Gasteiger partial charge in [-0.05, 0) is 122 Å². The van der Waals surface area contributed by atoms with Gasteiger partial charge in [0.15, 0.2) is 0 Å². The van der Waals surface area contributed by atoms with Crippen LogP contribution in [0.5, 0.6) is 0 Å². The van der Waals surface area contributed by atoms with Crippen LogP contribution in [0.1, 0.15) is 0 Å². The molecule has 0 aliphatic rings. The second-order valence-corrected chi connectivity index (χ2v) is 18.2. The van der Waals surface area contributed by atoms with E-state index in [-0.39, 0.29) is 0 Å². The molecule has 0 amide bonds. The summed E-state index contributed by atoms with van der Waals surface area (Å²) in [7, 11) is 0. The molecule has 0 bridgehead atoms. The molecular weight excluding hydrogens is 831 g/mol. The van der Waals surface area contributed by atoms with Crippen LogP contribution in [-0.2, 0) is 0 Å². The number of furan rings is 1. The second-order valence-electron chi connectivity index (χ2n) is 17.2. The summed E-state index contributed by atoms with van der Waals surface area (Å²) in [5.41, 5.74) is 16.7. The van der Waals surface area contributed by atoms with Crippen molar-refractivity contribution in [1.82, 2.24) is 0 Å². The molecular formula is C64H41NOS. The zero-order chi connectivity index (χ0) is 44.3. The molecule has 11 aromatic carbocycles. The third kappa shape index (κ3) is 6.71. The van der Waals surface area contributed by atoms with Gasteiger partial charge in [-0.15, -0.1) is 11.3 Å². The lowest BCUT2D eigenvalue weighted by Gasteiger charge is -2.27. The highest BCUT2D eigenvalue weighted by molar-refractivity contribution is 7.25. The number of benzene rings is 11. The highest BCUT2D eigenvalue weighted by atomic mass is 32.1.